The van der Waals surface area contributed by atoms with E-state index in [9.17, 15) is 14.4 Å². The molecule has 0 aliphatic heterocycles. The molecule has 0 bridgehead atoms. The number of halogens is 1. The SMILES string of the molecule is CCOC(=O)c1c(NC(=O)c2sc3ccccc3c2Cl)sc(C(=O)N(CC)CC)c1C. The van der Waals surface area contributed by atoms with E-state index in [1.54, 1.807) is 18.7 Å². The second-order valence-corrected chi connectivity index (χ2v) is 9.10. The zero-order valence-electron chi connectivity index (χ0n) is 17.7. The summed E-state index contributed by atoms with van der Waals surface area (Å²) >= 11 is 8.79. The summed E-state index contributed by atoms with van der Waals surface area (Å²) in [5, 5.41) is 4.24. The number of thiophene rings is 2. The number of hydrogen-bond donors (Lipinski definition) is 1. The van der Waals surface area contributed by atoms with Gasteiger partial charge in [0.25, 0.3) is 11.8 Å². The quantitative estimate of drug-likeness (QED) is 0.433. The summed E-state index contributed by atoms with van der Waals surface area (Å²) in [5.74, 6) is -1.19. The Kier molecular flexibility index (Phi) is 7.35. The first-order chi connectivity index (χ1) is 14.8. The fraction of sp³-hybridized carbons (Fsp3) is 0.318. The first kappa shape index (κ1) is 23.2. The molecule has 0 aliphatic rings. The number of carbonyl (C=O) groups excluding carboxylic acids is 3. The monoisotopic (exact) mass is 478 g/mol. The van der Waals surface area contributed by atoms with E-state index in [4.69, 9.17) is 16.3 Å². The van der Waals surface area contributed by atoms with Crippen LogP contribution in [0.3, 0.4) is 0 Å². The van der Waals surface area contributed by atoms with Crippen molar-refractivity contribution in [1.82, 2.24) is 4.90 Å². The maximum atomic E-state index is 13.0. The van der Waals surface area contributed by atoms with Gasteiger partial charge in [-0.1, -0.05) is 29.8 Å². The van der Waals surface area contributed by atoms with Crippen LogP contribution in [0.5, 0.6) is 0 Å². The van der Waals surface area contributed by atoms with Crippen LogP contribution in [0.15, 0.2) is 24.3 Å². The van der Waals surface area contributed by atoms with Crippen LogP contribution in [0.1, 0.15) is 56.0 Å². The lowest BCUT2D eigenvalue weighted by molar-refractivity contribution is 0.0527. The van der Waals surface area contributed by atoms with E-state index in [0.29, 0.717) is 33.4 Å². The van der Waals surface area contributed by atoms with E-state index in [1.165, 1.54) is 11.3 Å². The molecule has 1 N–H and O–H groups in total. The minimum Gasteiger partial charge on any atom is -0.462 e. The molecule has 3 rings (SSSR count). The molecule has 164 valence electrons. The summed E-state index contributed by atoms with van der Waals surface area (Å²) < 4.78 is 6.07. The van der Waals surface area contributed by atoms with Gasteiger partial charge in [-0.3, -0.25) is 9.59 Å². The highest BCUT2D eigenvalue weighted by molar-refractivity contribution is 7.22. The Bertz CT molecular complexity index is 1150. The smallest absolute Gasteiger partial charge is 0.341 e. The van der Waals surface area contributed by atoms with E-state index in [-0.39, 0.29) is 23.1 Å². The van der Waals surface area contributed by atoms with Gasteiger partial charge in [0.15, 0.2) is 0 Å². The summed E-state index contributed by atoms with van der Waals surface area (Å²) in [7, 11) is 0. The maximum Gasteiger partial charge on any atom is 0.341 e. The molecule has 2 heterocycles. The van der Waals surface area contributed by atoms with Crippen LogP contribution in [0, 0.1) is 6.92 Å². The number of ether oxygens (including phenoxy) is 1. The standard InChI is InChI=1S/C22H23ClN2O4S2/c1-5-25(6-2)21(27)17-12(4)15(22(28)29-7-3)20(31-17)24-19(26)18-16(23)13-10-8-9-11-14(13)30-18/h8-11H,5-7H2,1-4H3,(H,24,26). The van der Waals surface area contributed by atoms with Gasteiger partial charge in [-0.2, -0.15) is 0 Å². The minimum absolute atomic E-state index is 0.182. The first-order valence-electron chi connectivity index (χ1n) is 9.92. The molecule has 3 aromatic rings. The zero-order valence-corrected chi connectivity index (χ0v) is 20.1. The van der Waals surface area contributed by atoms with Gasteiger partial charge < -0.3 is 15.0 Å². The molecule has 2 aromatic heterocycles. The summed E-state index contributed by atoms with van der Waals surface area (Å²) in [4.78, 5) is 41.1. The van der Waals surface area contributed by atoms with Crippen molar-refractivity contribution in [3.05, 3.63) is 50.2 Å². The van der Waals surface area contributed by atoms with Crippen LogP contribution >= 0.6 is 34.3 Å². The maximum absolute atomic E-state index is 13.0. The van der Waals surface area contributed by atoms with Gasteiger partial charge in [-0.05, 0) is 39.3 Å². The number of benzene rings is 1. The van der Waals surface area contributed by atoms with Gasteiger partial charge in [0.05, 0.1) is 22.1 Å². The highest BCUT2D eigenvalue weighted by Crippen LogP contribution is 2.38. The molecule has 0 atom stereocenters. The van der Waals surface area contributed by atoms with Gasteiger partial charge >= 0.3 is 5.97 Å². The van der Waals surface area contributed by atoms with Gasteiger partial charge in [0, 0.05) is 23.2 Å². The summed E-state index contributed by atoms with van der Waals surface area (Å²) in [6.45, 7) is 8.45. The Morgan fingerprint density at radius 1 is 1.06 bits per heavy atom. The number of anilines is 1. The number of nitrogens with zero attached hydrogens (tertiary/aromatic N) is 1. The number of amides is 2. The summed E-state index contributed by atoms with van der Waals surface area (Å²) in [5.41, 5.74) is 0.700. The Morgan fingerprint density at radius 2 is 1.74 bits per heavy atom. The lowest BCUT2D eigenvalue weighted by Crippen LogP contribution is -2.30. The van der Waals surface area contributed by atoms with Crippen LogP contribution in [0.4, 0.5) is 5.00 Å². The van der Waals surface area contributed by atoms with Gasteiger partial charge in [-0.25, -0.2) is 4.79 Å². The molecule has 0 unspecified atom stereocenters. The average molecular weight is 479 g/mol. The zero-order chi connectivity index (χ0) is 22.7. The molecule has 2 amide bonds. The number of fused-ring (bicyclic) bond motifs is 1. The molecule has 0 spiro atoms. The molecule has 0 saturated carbocycles. The molecule has 0 aliphatic carbocycles. The molecule has 9 heteroatoms. The van der Waals surface area contributed by atoms with Crippen molar-refractivity contribution >= 4 is 67.1 Å². The molecule has 31 heavy (non-hydrogen) atoms. The Hall–Kier alpha value is -2.42. The lowest BCUT2D eigenvalue weighted by atomic mass is 10.1. The van der Waals surface area contributed by atoms with E-state index in [0.717, 1.165) is 21.4 Å². The Morgan fingerprint density at radius 3 is 2.35 bits per heavy atom. The van der Waals surface area contributed by atoms with Gasteiger partial charge in [-0.15, -0.1) is 22.7 Å². The van der Waals surface area contributed by atoms with E-state index in [2.05, 4.69) is 5.32 Å². The van der Waals surface area contributed by atoms with Crippen LogP contribution in [0.25, 0.3) is 10.1 Å². The normalized spacial score (nSPS) is 10.9. The van der Waals surface area contributed by atoms with E-state index in [1.807, 2.05) is 38.1 Å². The third-order valence-electron chi connectivity index (χ3n) is 4.84. The van der Waals surface area contributed by atoms with Crippen molar-refractivity contribution in [2.24, 2.45) is 0 Å². The molecular formula is C22H23ClN2O4S2. The van der Waals surface area contributed by atoms with Crippen molar-refractivity contribution in [2.45, 2.75) is 27.7 Å². The molecular weight excluding hydrogens is 456 g/mol. The lowest BCUT2D eigenvalue weighted by Gasteiger charge is -2.18. The van der Waals surface area contributed by atoms with Gasteiger partial charge in [0.1, 0.15) is 9.88 Å². The number of carbonyl (C=O) groups is 3. The Balaban J connectivity index is 2.03. The van der Waals surface area contributed by atoms with Gasteiger partial charge in [0.2, 0.25) is 0 Å². The van der Waals surface area contributed by atoms with Crippen LogP contribution in [0.2, 0.25) is 5.02 Å². The van der Waals surface area contributed by atoms with Crippen molar-refractivity contribution in [3.8, 4) is 0 Å². The predicted octanol–water partition coefficient (Wildman–Crippen LogP) is 5.84. The largest absolute Gasteiger partial charge is 0.462 e. The average Bonchev–Trinajstić information content (AvgIpc) is 3.26. The predicted molar refractivity (Wildman–Crippen MR) is 127 cm³/mol. The fourth-order valence-corrected chi connectivity index (χ4v) is 5.80. The summed E-state index contributed by atoms with van der Waals surface area (Å²) in [6.07, 6.45) is 0. The number of hydrogen-bond acceptors (Lipinski definition) is 6. The minimum atomic E-state index is -0.576. The van der Waals surface area contributed by atoms with E-state index >= 15 is 0 Å². The third kappa shape index (κ3) is 4.46. The van der Waals surface area contributed by atoms with Crippen molar-refractivity contribution in [3.63, 3.8) is 0 Å². The van der Waals surface area contributed by atoms with Crippen molar-refractivity contribution in [2.75, 3.05) is 25.0 Å². The molecule has 0 fully saturated rings. The van der Waals surface area contributed by atoms with Crippen LogP contribution < -0.4 is 5.32 Å². The molecule has 1 aromatic carbocycles. The van der Waals surface area contributed by atoms with Crippen LogP contribution in [-0.4, -0.2) is 42.4 Å². The summed E-state index contributed by atoms with van der Waals surface area (Å²) in [6, 6.07) is 7.48. The second-order valence-electron chi connectivity index (χ2n) is 6.65. The fourth-order valence-electron chi connectivity index (χ4n) is 3.23. The number of nitrogens with one attached hydrogen (secondary N) is 1. The highest BCUT2D eigenvalue weighted by Gasteiger charge is 2.29. The second kappa shape index (κ2) is 9.80. The molecule has 6 nitrogen and oxygen atoms in total. The Labute approximate surface area is 193 Å². The van der Waals surface area contributed by atoms with E-state index < -0.39 is 11.9 Å². The topological polar surface area (TPSA) is 75.7 Å². The van der Waals surface area contributed by atoms with Crippen LogP contribution in [-0.2, 0) is 4.74 Å². The highest BCUT2D eigenvalue weighted by atomic mass is 35.5. The van der Waals surface area contributed by atoms with Crippen molar-refractivity contribution < 1.29 is 19.1 Å². The molecule has 0 radical (unpaired) electrons. The van der Waals surface area contributed by atoms with Crippen molar-refractivity contribution in [1.29, 1.82) is 0 Å². The number of rotatable bonds is 7. The third-order valence-corrected chi connectivity index (χ3v) is 7.71. The first-order valence-corrected chi connectivity index (χ1v) is 11.9. The number of esters is 1. The molecule has 0 saturated heterocycles.